The first-order valence-corrected chi connectivity index (χ1v) is 10.1. The van der Waals surface area contributed by atoms with Gasteiger partial charge in [0.05, 0.1) is 10.6 Å². The molecule has 1 amide bonds. The van der Waals surface area contributed by atoms with Crippen LogP contribution in [0.25, 0.3) is 22.6 Å². The van der Waals surface area contributed by atoms with Gasteiger partial charge in [-0.15, -0.1) is 0 Å². The molecule has 1 heterocycles. The van der Waals surface area contributed by atoms with Crippen LogP contribution in [0.5, 0.6) is 0 Å². The van der Waals surface area contributed by atoms with Gasteiger partial charge in [-0.25, -0.2) is 9.37 Å². The van der Waals surface area contributed by atoms with Crippen LogP contribution in [-0.4, -0.2) is 16.0 Å². The Bertz CT molecular complexity index is 1340. The van der Waals surface area contributed by atoms with E-state index >= 15 is 0 Å². The standard InChI is InChI=1S/C23H17ClFN3O2S/c1-12-3-6-16(13(2)9-12)21(29)28-23(31)26-15-5-8-20-19(11-15)27-22(30-20)17-7-4-14(25)10-18(17)24/h3-11H,1-2H3,(H2,26,28,29,31). The largest absolute Gasteiger partial charge is 0.436 e. The number of carbonyl (C=O) groups excluding carboxylic acids is 1. The molecule has 5 nitrogen and oxygen atoms in total. The van der Waals surface area contributed by atoms with Crippen molar-refractivity contribution in [3.05, 3.63) is 82.1 Å². The quantitative estimate of drug-likeness (QED) is 0.371. The molecule has 0 aliphatic carbocycles. The highest BCUT2D eigenvalue weighted by Crippen LogP contribution is 2.31. The zero-order valence-electron chi connectivity index (χ0n) is 16.6. The summed E-state index contributed by atoms with van der Waals surface area (Å²) in [7, 11) is 0. The normalized spacial score (nSPS) is 10.8. The summed E-state index contributed by atoms with van der Waals surface area (Å²) in [5, 5.41) is 6.03. The van der Waals surface area contributed by atoms with Gasteiger partial charge in [0.25, 0.3) is 5.91 Å². The number of amides is 1. The first-order chi connectivity index (χ1) is 14.8. The molecule has 3 aromatic carbocycles. The number of benzene rings is 3. The summed E-state index contributed by atoms with van der Waals surface area (Å²) >= 11 is 11.4. The number of carbonyl (C=O) groups is 1. The third kappa shape index (κ3) is 4.57. The van der Waals surface area contributed by atoms with Crippen LogP contribution in [0, 0.1) is 19.7 Å². The molecule has 1 aromatic heterocycles. The predicted octanol–water partition coefficient (Wildman–Crippen LogP) is 6.03. The topological polar surface area (TPSA) is 67.2 Å². The minimum absolute atomic E-state index is 0.162. The van der Waals surface area contributed by atoms with E-state index in [0.29, 0.717) is 27.9 Å². The van der Waals surface area contributed by atoms with Crippen LogP contribution in [0.1, 0.15) is 21.5 Å². The molecular weight excluding hydrogens is 437 g/mol. The number of nitrogens with one attached hydrogen (secondary N) is 2. The number of rotatable bonds is 3. The fourth-order valence-corrected chi connectivity index (χ4v) is 3.64. The lowest BCUT2D eigenvalue weighted by Gasteiger charge is -2.11. The van der Waals surface area contributed by atoms with E-state index < -0.39 is 5.82 Å². The molecule has 0 spiro atoms. The summed E-state index contributed by atoms with van der Waals surface area (Å²) in [6.45, 7) is 3.85. The maximum atomic E-state index is 13.3. The summed E-state index contributed by atoms with van der Waals surface area (Å²) in [5.74, 6) is -0.443. The first-order valence-electron chi connectivity index (χ1n) is 9.36. The molecule has 0 aliphatic heterocycles. The number of halogens is 2. The highest BCUT2D eigenvalue weighted by Gasteiger charge is 2.14. The molecule has 0 radical (unpaired) electrons. The Balaban J connectivity index is 1.51. The molecule has 0 saturated carbocycles. The second-order valence-corrected chi connectivity index (χ2v) is 7.87. The van der Waals surface area contributed by atoms with E-state index in [4.69, 9.17) is 28.2 Å². The lowest BCUT2D eigenvalue weighted by molar-refractivity contribution is 0.0977. The Labute approximate surface area is 188 Å². The van der Waals surface area contributed by atoms with Crippen molar-refractivity contribution < 1.29 is 13.6 Å². The maximum Gasteiger partial charge on any atom is 0.257 e. The van der Waals surface area contributed by atoms with Crippen molar-refractivity contribution in [1.29, 1.82) is 0 Å². The third-order valence-corrected chi connectivity index (χ3v) is 5.18. The number of aryl methyl sites for hydroxylation is 2. The van der Waals surface area contributed by atoms with Crippen molar-refractivity contribution in [2.75, 3.05) is 5.32 Å². The maximum absolute atomic E-state index is 13.3. The fraction of sp³-hybridized carbons (Fsp3) is 0.0870. The average molecular weight is 454 g/mol. The monoisotopic (exact) mass is 453 g/mol. The third-order valence-electron chi connectivity index (χ3n) is 4.66. The molecule has 0 saturated heterocycles. The first kappa shape index (κ1) is 21.0. The van der Waals surface area contributed by atoms with E-state index in [2.05, 4.69) is 15.6 Å². The van der Waals surface area contributed by atoms with Crippen molar-refractivity contribution >= 4 is 51.6 Å². The van der Waals surface area contributed by atoms with Crippen molar-refractivity contribution in [3.8, 4) is 11.5 Å². The van der Waals surface area contributed by atoms with Crippen LogP contribution >= 0.6 is 23.8 Å². The van der Waals surface area contributed by atoms with E-state index in [0.717, 1.165) is 11.1 Å². The molecule has 31 heavy (non-hydrogen) atoms. The summed E-state index contributed by atoms with van der Waals surface area (Å²) in [6.07, 6.45) is 0. The summed E-state index contributed by atoms with van der Waals surface area (Å²) < 4.78 is 19.0. The number of fused-ring (bicyclic) bond motifs is 1. The average Bonchev–Trinajstić information content (AvgIpc) is 3.10. The Morgan fingerprint density at radius 2 is 1.90 bits per heavy atom. The molecule has 4 rings (SSSR count). The Hall–Kier alpha value is -3.29. The highest BCUT2D eigenvalue weighted by molar-refractivity contribution is 7.80. The van der Waals surface area contributed by atoms with E-state index in [-0.39, 0.29) is 21.9 Å². The molecule has 156 valence electrons. The van der Waals surface area contributed by atoms with E-state index in [1.165, 1.54) is 18.2 Å². The summed E-state index contributed by atoms with van der Waals surface area (Å²) in [5.41, 5.74) is 4.72. The van der Waals surface area contributed by atoms with Gasteiger partial charge < -0.3 is 9.73 Å². The predicted molar refractivity (Wildman–Crippen MR) is 124 cm³/mol. The number of oxazole rings is 1. The van der Waals surface area contributed by atoms with E-state index in [1.54, 1.807) is 24.3 Å². The number of hydrogen-bond acceptors (Lipinski definition) is 4. The van der Waals surface area contributed by atoms with Crippen molar-refractivity contribution in [3.63, 3.8) is 0 Å². The summed E-state index contributed by atoms with van der Waals surface area (Å²) in [6, 6.07) is 14.8. The van der Waals surface area contributed by atoms with Crippen molar-refractivity contribution in [2.45, 2.75) is 13.8 Å². The number of anilines is 1. The van der Waals surface area contributed by atoms with E-state index in [1.807, 2.05) is 26.0 Å². The van der Waals surface area contributed by atoms with Crippen molar-refractivity contribution in [2.24, 2.45) is 0 Å². The van der Waals surface area contributed by atoms with Crippen LogP contribution in [0.2, 0.25) is 5.02 Å². The highest BCUT2D eigenvalue weighted by atomic mass is 35.5. The van der Waals surface area contributed by atoms with Crippen LogP contribution in [0.4, 0.5) is 10.1 Å². The Kier molecular flexibility index (Phi) is 5.71. The SMILES string of the molecule is Cc1ccc(C(=O)NC(=S)Nc2ccc3oc(-c4ccc(F)cc4Cl)nc3c2)c(C)c1. The van der Waals surface area contributed by atoms with Gasteiger partial charge >= 0.3 is 0 Å². The van der Waals surface area contributed by atoms with Gasteiger partial charge in [-0.2, -0.15) is 0 Å². The zero-order valence-corrected chi connectivity index (χ0v) is 18.2. The van der Waals surface area contributed by atoms with Gasteiger partial charge in [-0.05, 0) is 74.1 Å². The molecule has 2 N–H and O–H groups in total. The number of nitrogens with zero attached hydrogens (tertiary/aromatic N) is 1. The second kappa shape index (κ2) is 8.45. The van der Waals surface area contributed by atoms with Gasteiger partial charge in [0.1, 0.15) is 11.3 Å². The number of thiocarbonyl (C=S) groups is 1. The van der Waals surface area contributed by atoms with Crippen LogP contribution in [0.3, 0.4) is 0 Å². The van der Waals surface area contributed by atoms with Crippen LogP contribution in [0.15, 0.2) is 59.0 Å². The van der Waals surface area contributed by atoms with E-state index in [9.17, 15) is 9.18 Å². The molecular formula is C23H17ClFN3O2S. The van der Waals surface area contributed by atoms with Gasteiger partial charge in [0.15, 0.2) is 10.7 Å². The molecule has 0 atom stereocenters. The minimum atomic E-state index is -0.437. The molecule has 0 aliphatic rings. The molecule has 8 heteroatoms. The Morgan fingerprint density at radius 1 is 1.10 bits per heavy atom. The number of aromatic nitrogens is 1. The van der Waals surface area contributed by atoms with Crippen LogP contribution in [-0.2, 0) is 0 Å². The molecule has 0 unspecified atom stereocenters. The van der Waals surface area contributed by atoms with Gasteiger partial charge in [-0.1, -0.05) is 29.3 Å². The zero-order chi connectivity index (χ0) is 22.1. The molecule has 0 fully saturated rings. The smallest absolute Gasteiger partial charge is 0.257 e. The molecule has 0 bridgehead atoms. The van der Waals surface area contributed by atoms with Gasteiger partial charge in [-0.3, -0.25) is 10.1 Å². The van der Waals surface area contributed by atoms with Crippen LogP contribution < -0.4 is 10.6 Å². The lowest BCUT2D eigenvalue weighted by atomic mass is 10.1. The number of hydrogen-bond donors (Lipinski definition) is 2. The Morgan fingerprint density at radius 3 is 2.65 bits per heavy atom. The minimum Gasteiger partial charge on any atom is -0.436 e. The van der Waals surface area contributed by atoms with Gasteiger partial charge in [0, 0.05) is 11.3 Å². The summed E-state index contributed by atoms with van der Waals surface area (Å²) in [4.78, 5) is 16.9. The molecule has 4 aromatic rings. The fourth-order valence-electron chi connectivity index (χ4n) is 3.18. The lowest BCUT2D eigenvalue weighted by Crippen LogP contribution is -2.34. The second-order valence-electron chi connectivity index (χ2n) is 7.05. The van der Waals surface area contributed by atoms with Crippen molar-refractivity contribution in [1.82, 2.24) is 10.3 Å². The van der Waals surface area contributed by atoms with Gasteiger partial charge in [0.2, 0.25) is 5.89 Å².